The number of hydrogen-bond donors (Lipinski definition) is 2. The van der Waals surface area contributed by atoms with Crippen LogP contribution in [0.3, 0.4) is 0 Å². The minimum Gasteiger partial charge on any atom is -0.377 e. The molecule has 0 radical (unpaired) electrons. The monoisotopic (exact) mass is 538 g/mol. The lowest BCUT2D eigenvalue weighted by Gasteiger charge is -2.34. The van der Waals surface area contributed by atoms with Crippen LogP contribution in [0.15, 0.2) is 65.6 Å². The Morgan fingerprint density at radius 2 is 1.84 bits per heavy atom. The van der Waals surface area contributed by atoms with Gasteiger partial charge < -0.3 is 25.2 Å². The van der Waals surface area contributed by atoms with Crippen molar-refractivity contribution in [3.05, 3.63) is 66.4 Å². The van der Waals surface area contributed by atoms with Gasteiger partial charge in [0.05, 0.1) is 35.6 Å². The lowest BCUT2D eigenvalue weighted by molar-refractivity contribution is 0.0985. The zero-order valence-corrected chi connectivity index (χ0v) is 22.7. The summed E-state index contributed by atoms with van der Waals surface area (Å²) in [6.45, 7) is 5.10. The molecule has 0 saturated carbocycles. The third-order valence-corrected chi connectivity index (χ3v) is 7.78. The molecule has 1 aromatic heterocycles. The van der Waals surface area contributed by atoms with Crippen molar-refractivity contribution in [2.45, 2.75) is 23.6 Å². The van der Waals surface area contributed by atoms with Crippen molar-refractivity contribution in [3.8, 4) is 11.4 Å². The van der Waals surface area contributed by atoms with Crippen molar-refractivity contribution in [1.29, 1.82) is 0 Å². The van der Waals surface area contributed by atoms with E-state index in [0.717, 1.165) is 6.54 Å². The van der Waals surface area contributed by atoms with Gasteiger partial charge in [-0.3, -0.25) is 0 Å². The molecule has 0 spiro atoms. The highest BCUT2D eigenvalue weighted by molar-refractivity contribution is 7.90. The van der Waals surface area contributed by atoms with Crippen LogP contribution in [0.4, 0.5) is 16.3 Å². The smallest absolute Gasteiger partial charge is 0.319 e. The van der Waals surface area contributed by atoms with Crippen LogP contribution >= 0.6 is 0 Å². The van der Waals surface area contributed by atoms with Gasteiger partial charge in [0.1, 0.15) is 5.82 Å². The number of amides is 2. The molecule has 11 heteroatoms. The summed E-state index contributed by atoms with van der Waals surface area (Å²) in [5, 5.41) is 5.62. The van der Waals surface area contributed by atoms with Crippen LogP contribution in [0, 0.1) is 0 Å². The number of rotatable bonds is 9. The van der Waals surface area contributed by atoms with Crippen LogP contribution in [0.1, 0.15) is 12.6 Å². The van der Waals surface area contributed by atoms with Gasteiger partial charge in [0.25, 0.3) is 0 Å². The molecule has 38 heavy (non-hydrogen) atoms. The first-order valence-corrected chi connectivity index (χ1v) is 14.2. The van der Waals surface area contributed by atoms with Gasteiger partial charge >= 0.3 is 6.03 Å². The highest BCUT2D eigenvalue weighted by Crippen LogP contribution is 2.26. The third kappa shape index (κ3) is 7.27. The SMILES string of the molecule is C[C@H]1COCCN1c1cc(CS(=O)(=O)c2ccccc2)nc(-c2ccc(NC(=O)NCCN(C)C)cc2)n1. The minimum absolute atomic E-state index is 0.0858. The summed E-state index contributed by atoms with van der Waals surface area (Å²) in [6, 6.07) is 17.1. The van der Waals surface area contributed by atoms with E-state index in [0.29, 0.717) is 54.9 Å². The Kier molecular flexibility index (Phi) is 8.93. The molecular weight excluding hydrogens is 504 g/mol. The molecule has 202 valence electrons. The van der Waals surface area contributed by atoms with Crippen LogP contribution in [0.5, 0.6) is 0 Å². The summed E-state index contributed by atoms with van der Waals surface area (Å²) in [4.78, 5) is 25.9. The molecule has 2 heterocycles. The Labute approximate surface area is 224 Å². The maximum Gasteiger partial charge on any atom is 0.319 e. The van der Waals surface area contributed by atoms with Crippen molar-refractivity contribution in [2.75, 3.05) is 57.2 Å². The van der Waals surface area contributed by atoms with Crippen molar-refractivity contribution in [1.82, 2.24) is 20.2 Å². The first kappa shape index (κ1) is 27.5. The van der Waals surface area contributed by atoms with E-state index in [1.807, 2.05) is 38.1 Å². The Morgan fingerprint density at radius 3 is 2.53 bits per heavy atom. The predicted octanol–water partition coefficient (Wildman–Crippen LogP) is 3.03. The van der Waals surface area contributed by atoms with Gasteiger partial charge in [-0.2, -0.15) is 0 Å². The maximum absolute atomic E-state index is 13.1. The number of aromatic nitrogens is 2. The fourth-order valence-electron chi connectivity index (χ4n) is 4.08. The summed E-state index contributed by atoms with van der Waals surface area (Å²) >= 11 is 0. The standard InChI is InChI=1S/C27H34N6O4S/c1-20-18-37-16-15-33(20)25-17-23(19-38(35,36)24-7-5-4-6-8-24)29-26(31-25)21-9-11-22(12-10-21)30-27(34)28-13-14-32(2)3/h4-12,17,20H,13-16,18-19H2,1-3H3,(H2,28,30,34)/t20-/m0/s1. The number of nitrogens with zero attached hydrogens (tertiary/aromatic N) is 4. The Hall–Kier alpha value is -3.54. The second-order valence-electron chi connectivity index (χ2n) is 9.49. The fourth-order valence-corrected chi connectivity index (χ4v) is 5.35. The number of urea groups is 1. The molecule has 3 aromatic rings. The van der Waals surface area contributed by atoms with Crippen molar-refractivity contribution < 1.29 is 17.9 Å². The molecule has 0 unspecified atom stereocenters. The summed E-state index contributed by atoms with van der Waals surface area (Å²) in [5.74, 6) is 0.832. The van der Waals surface area contributed by atoms with Gasteiger partial charge in [0, 0.05) is 37.0 Å². The van der Waals surface area contributed by atoms with Crippen molar-refractivity contribution in [2.24, 2.45) is 0 Å². The lowest BCUT2D eigenvalue weighted by atomic mass is 10.2. The average molecular weight is 539 g/mol. The number of morpholine rings is 1. The number of carbonyl (C=O) groups excluding carboxylic acids is 1. The van der Waals surface area contributed by atoms with E-state index in [4.69, 9.17) is 9.72 Å². The predicted molar refractivity (Wildman–Crippen MR) is 148 cm³/mol. The highest BCUT2D eigenvalue weighted by atomic mass is 32.2. The van der Waals surface area contributed by atoms with Crippen LogP contribution in [-0.4, -0.2) is 82.3 Å². The van der Waals surface area contributed by atoms with E-state index in [1.165, 1.54) is 0 Å². The quantitative estimate of drug-likeness (QED) is 0.427. The summed E-state index contributed by atoms with van der Waals surface area (Å²) < 4.78 is 31.8. The molecule has 1 saturated heterocycles. The summed E-state index contributed by atoms with van der Waals surface area (Å²) in [7, 11) is 0.286. The number of hydrogen-bond acceptors (Lipinski definition) is 8. The minimum atomic E-state index is -3.60. The van der Waals surface area contributed by atoms with Gasteiger partial charge in [-0.05, 0) is 57.4 Å². The zero-order chi connectivity index (χ0) is 27.1. The van der Waals surface area contributed by atoms with Gasteiger partial charge in [0.2, 0.25) is 0 Å². The number of nitrogens with one attached hydrogen (secondary N) is 2. The molecular formula is C27H34N6O4S. The van der Waals surface area contributed by atoms with E-state index in [9.17, 15) is 13.2 Å². The second kappa shape index (κ2) is 12.3. The van der Waals surface area contributed by atoms with Crippen LogP contribution < -0.4 is 15.5 Å². The maximum atomic E-state index is 13.1. The van der Waals surface area contributed by atoms with E-state index in [-0.39, 0.29) is 22.7 Å². The number of benzene rings is 2. The van der Waals surface area contributed by atoms with Gasteiger partial charge in [-0.1, -0.05) is 18.2 Å². The van der Waals surface area contributed by atoms with E-state index >= 15 is 0 Å². The molecule has 0 aliphatic carbocycles. The molecule has 1 aliphatic heterocycles. The summed E-state index contributed by atoms with van der Waals surface area (Å²) in [6.07, 6.45) is 0. The number of carbonyl (C=O) groups is 1. The number of ether oxygens (including phenoxy) is 1. The van der Waals surface area contributed by atoms with Crippen LogP contribution in [-0.2, 0) is 20.3 Å². The van der Waals surface area contributed by atoms with Crippen LogP contribution in [0.2, 0.25) is 0 Å². The molecule has 1 atom stereocenters. The number of sulfone groups is 1. The van der Waals surface area contributed by atoms with Crippen LogP contribution in [0.25, 0.3) is 11.4 Å². The second-order valence-corrected chi connectivity index (χ2v) is 11.5. The van der Waals surface area contributed by atoms with Crippen molar-refractivity contribution >= 4 is 27.4 Å². The Bertz CT molecular complexity index is 1330. The largest absolute Gasteiger partial charge is 0.377 e. The lowest BCUT2D eigenvalue weighted by Crippen LogP contribution is -2.44. The van der Waals surface area contributed by atoms with E-state index in [1.54, 1.807) is 48.5 Å². The van der Waals surface area contributed by atoms with Gasteiger partial charge in [0.15, 0.2) is 15.7 Å². The van der Waals surface area contributed by atoms with E-state index < -0.39 is 9.84 Å². The topological polar surface area (TPSA) is 117 Å². The Morgan fingerprint density at radius 1 is 1.11 bits per heavy atom. The number of anilines is 2. The Balaban J connectivity index is 1.59. The molecule has 2 aromatic carbocycles. The van der Waals surface area contributed by atoms with Gasteiger partial charge in [-0.25, -0.2) is 23.2 Å². The molecule has 10 nitrogen and oxygen atoms in total. The fraction of sp³-hybridized carbons (Fsp3) is 0.370. The van der Waals surface area contributed by atoms with Gasteiger partial charge in [-0.15, -0.1) is 0 Å². The molecule has 1 aliphatic rings. The zero-order valence-electron chi connectivity index (χ0n) is 21.9. The normalized spacial score (nSPS) is 15.9. The first-order valence-electron chi connectivity index (χ1n) is 12.5. The van der Waals surface area contributed by atoms with E-state index in [2.05, 4.69) is 20.5 Å². The van der Waals surface area contributed by atoms with Crippen molar-refractivity contribution in [3.63, 3.8) is 0 Å². The number of likely N-dealkylation sites (N-methyl/N-ethyl adjacent to an activating group) is 1. The third-order valence-electron chi connectivity index (χ3n) is 6.11. The molecule has 2 amide bonds. The molecule has 0 bridgehead atoms. The summed E-state index contributed by atoms with van der Waals surface area (Å²) in [5.41, 5.74) is 1.75. The first-order chi connectivity index (χ1) is 18.2. The average Bonchev–Trinajstić information content (AvgIpc) is 2.89. The molecule has 4 rings (SSSR count). The highest BCUT2D eigenvalue weighted by Gasteiger charge is 2.24. The molecule has 1 fully saturated rings. The molecule has 2 N–H and O–H groups in total.